The van der Waals surface area contributed by atoms with Crippen molar-refractivity contribution in [1.82, 2.24) is 4.90 Å². The first-order valence-corrected chi connectivity index (χ1v) is 12.1. The van der Waals surface area contributed by atoms with E-state index in [1.54, 1.807) is 74.2 Å². The minimum Gasteiger partial charge on any atom is -0.334 e. The largest absolute Gasteiger partial charge is 0.334 e. The number of anilines is 2. The smallest absolute Gasteiger partial charge is 0.255 e. The van der Waals surface area contributed by atoms with E-state index in [1.165, 1.54) is 0 Å². The molecule has 0 aliphatic heterocycles. The number of rotatable bonds is 7. The predicted molar refractivity (Wildman–Crippen MR) is 130 cm³/mol. The highest BCUT2D eigenvalue weighted by molar-refractivity contribution is 7.94. The molecule has 0 saturated heterocycles. The van der Waals surface area contributed by atoms with Crippen molar-refractivity contribution in [2.75, 3.05) is 10.0 Å². The average Bonchev–Trinajstić information content (AvgIpc) is 2.67. The van der Waals surface area contributed by atoms with Gasteiger partial charge in [0.15, 0.2) is 0 Å². The quantitative estimate of drug-likeness (QED) is 0.625. The second-order valence-electron chi connectivity index (χ2n) is 9.23. The maximum atomic E-state index is 12.9. The second kappa shape index (κ2) is 9.73. The van der Waals surface area contributed by atoms with Gasteiger partial charge in [-0.2, -0.15) is 0 Å². The van der Waals surface area contributed by atoms with E-state index >= 15 is 0 Å². The molecule has 2 aromatic carbocycles. The van der Waals surface area contributed by atoms with E-state index < -0.39 is 14.8 Å². The fraction of sp³-hybridized carbons (Fsp3) is 0.417. The molecule has 0 aromatic heterocycles. The monoisotopic (exact) mass is 459 g/mol. The summed E-state index contributed by atoms with van der Waals surface area (Å²) in [5, 5.41) is 2.79. The van der Waals surface area contributed by atoms with Gasteiger partial charge in [-0.1, -0.05) is 6.07 Å². The van der Waals surface area contributed by atoms with E-state index in [2.05, 4.69) is 10.0 Å². The van der Waals surface area contributed by atoms with Gasteiger partial charge in [0.2, 0.25) is 10.0 Å². The van der Waals surface area contributed by atoms with Crippen LogP contribution in [0.15, 0.2) is 48.5 Å². The minimum atomic E-state index is -3.55. The summed E-state index contributed by atoms with van der Waals surface area (Å²) in [7, 11) is -3.55. The molecule has 0 fully saturated rings. The van der Waals surface area contributed by atoms with Crippen LogP contribution in [-0.2, 0) is 10.0 Å². The van der Waals surface area contributed by atoms with Crippen LogP contribution in [0, 0.1) is 0 Å². The van der Waals surface area contributed by atoms with Crippen LogP contribution in [0.5, 0.6) is 0 Å². The van der Waals surface area contributed by atoms with Gasteiger partial charge < -0.3 is 10.2 Å². The molecule has 174 valence electrons. The standard InChI is InChI=1S/C24H33N3O4S/c1-16(2)27(17(3)4)23(29)19-9-8-10-21(15-19)25-22(28)18-11-13-20(14-12-18)26-32(30,31)24(5,6)7/h8-17,26H,1-7H3,(H,25,28). The number of amides is 2. The van der Waals surface area contributed by atoms with Crippen LogP contribution >= 0.6 is 0 Å². The molecule has 7 nitrogen and oxygen atoms in total. The Morgan fingerprint density at radius 3 is 1.91 bits per heavy atom. The Morgan fingerprint density at radius 1 is 0.844 bits per heavy atom. The number of carbonyl (C=O) groups excluding carboxylic acids is 2. The van der Waals surface area contributed by atoms with E-state index in [4.69, 9.17) is 0 Å². The first kappa shape index (κ1) is 25.4. The van der Waals surface area contributed by atoms with Crippen LogP contribution in [0.4, 0.5) is 11.4 Å². The van der Waals surface area contributed by atoms with Gasteiger partial charge in [0.25, 0.3) is 11.8 Å². The summed E-state index contributed by atoms with van der Waals surface area (Å²) in [6.45, 7) is 12.7. The third-order valence-corrected chi connectivity index (χ3v) is 7.04. The van der Waals surface area contributed by atoms with Crippen molar-refractivity contribution >= 4 is 33.2 Å². The zero-order valence-corrected chi connectivity index (χ0v) is 20.6. The molecule has 0 spiro atoms. The van der Waals surface area contributed by atoms with E-state index in [-0.39, 0.29) is 23.9 Å². The highest BCUT2D eigenvalue weighted by atomic mass is 32.2. The van der Waals surface area contributed by atoms with Crippen molar-refractivity contribution in [3.63, 3.8) is 0 Å². The first-order valence-electron chi connectivity index (χ1n) is 10.6. The van der Waals surface area contributed by atoms with Crippen LogP contribution in [-0.4, -0.2) is 42.0 Å². The number of benzene rings is 2. The Kier molecular flexibility index (Phi) is 7.72. The molecule has 0 atom stereocenters. The zero-order valence-electron chi connectivity index (χ0n) is 19.8. The Hall–Kier alpha value is -2.87. The van der Waals surface area contributed by atoms with Crippen LogP contribution in [0.3, 0.4) is 0 Å². The van der Waals surface area contributed by atoms with E-state index in [9.17, 15) is 18.0 Å². The van der Waals surface area contributed by atoms with Gasteiger partial charge in [-0.15, -0.1) is 0 Å². The molecule has 0 aliphatic rings. The summed E-state index contributed by atoms with van der Waals surface area (Å²) in [4.78, 5) is 27.4. The van der Waals surface area contributed by atoms with Gasteiger partial charge in [-0.05, 0) is 90.9 Å². The third-order valence-electron chi connectivity index (χ3n) is 4.92. The molecule has 2 N–H and O–H groups in total. The highest BCUT2D eigenvalue weighted by Crippen LogP contribution is 2.21. The number of hydrogen-bond donors (Lipinski definition) is 2. The molecule has 0 bridgehead atoms. The second-order valence-corrected chi connectivity index (χ2v) is 11.7. The number of nitrogens with one attached hydrogen (secondary N) is 2. The van der Waals surface area contributed by atoms with Crippen LogP contribution in [0.25, 0.3) is 0 Å². The van der Waals surface area contributed by atoms with Crippen molar-refractivity contribution in [2.24, 2.45) is 0 Å². The topological polar surface area (TPSA) is 95.6 Å². The molecule has 0 heterocycles. The molecule has 32 heavy (non-hydrogen) atoms. The summed E-state index contributed by atoms with van der Waals surface area (Å²) in [6, 6.07) is 13.1. The molecular weight excluding hydrogens is 426 g/mol. The van der Waals surface area contributed by atoms with Crippen molar-refractivity contribution in [2.45, 2.75) is 65.3 Å². The van der Waals surface area contributed by atoms with Gasteiger partial charge >= 0.3 is 0 Å². The lowest BCUT2D eigenvalue weighted by atomic mass is 10.1. The normalized spacial score (nSPS) is 12.0. The maximum absolute atomic E-state index is 12.9. The van der Waals surface area contributed by atoms with E-state index in [0.717, 1.165) is 0 Å². The van der Waals surface area contributed by atoms with E-state index in [0.29, 0.717) is 22.5 Å². The van der Waals surface area contributed by atoms with Crippen LogP contribution in [0.2, 0.25) is 0 Å². The van der Waals surface area contributed by atoms with E-state index in [1.807, 2.05) is 27.7 Å². The molecule has 2 aromatic rings. The van der Waals surface area contributed by atoms with Crippen molar-refractivity contribution in [1.29, 1.82) is 0 Å². The van der Waals surface area contributed by atoms with Crippen LogP contribution < -0.4 is 10.0 Å². The lowest BCUT2D eigenvalue weighted by Crippen LogP contribution is -2.42. The molecule has 2 amide bonds. The lowest BCUT2D eigenvalue weighted by molar-refractivity contribution is 0.0643. The minimum absolute atomic E-state index is 0.0509. The van der Waals surface area contributed by atoms with Crippen molar-refractivity contribution in [3.8, 4) is 0 Å². The molecule has 0 unspecified atom stereocenters. The van der Waals surface area contributed by atoms with Gasteiger partial charge in [0, 0.05) is 34.6 Å². The predicted octanol–water partition coefficient (Wildman–Crippen LogP) is 4.74. The number of hydrogen-bond acceptors (Lipinski definition) is 4. The Labute approximate surface area is 191 Å². The van der Waals surface area contributed by atoms with Crippen molar-refractivity contribution in [3.05, 3.63) is 59.7 Å². The van der Waals surface area contributed by atoms with Gasteiger partial charge in [0.1, 0.15) is 0 Å². The summed E-state index contributed by atoms with van der Waals surface area (Å²) in [6.07, 6.45) is 0. The molecular formula is C24H33N3O4S. The summed E-state index contributed by atoms with van der Waals surface area (Å²) in [5.74, 6) is -0.453. The Morgan fingerprint density at radius 2 is 1.41 bits per heavy atom. The third kappa shape index (κ3) is 6.09. The van der Waals surface area contributed by atoms with Crippen molar-refractivity contribution < 1.29 is 18.0 Å². The summed E-state index contributed by atoms with van der Waals surface area (Å²) < 4.78 is 26.1. The maximum Gasteiger partial charge on any atom is 0.255 e. The van der Waals surface area contributed by atoms with Crippen LogP contribution in [0.1, 0.15) is 69.2 Å². The lowest BCUT2D eigenvalue weighted by Gasteiger charge is -2.31. The average molecular weight is 460 g/mol. The zero-order chi connectivity index (χ0) is 24.3. The van der Waals surface area contributed by atoms with Gasteiger partial charge in [-0.25, -0.2) is 8.42 Å². The Bertz CT molecular complexity index is 1060. The molecule has 8 heteroatoms. The summed E-state index contributed by atoms with van der Waals surface area (Å²) in [5.41, 5.74) is 1.75. The Balaban J connectivity index is 2.15. The summed E-state index contributed by atoms with van der Waals surface area (Å²) >= 11 is 0. The number of sulfonamides is 1. The first-order chi connectivity index (χ1) is 14.7. The molecule has 2 rings (SSSR count). The number of carbonyl (C=O) groups is 2. The molecule has 0 saturated carbocycles. The molecule has 0 radical (unpaired) electrons. The fourth-order valence-electron chi connectivity index (χ4n) is 3.15. The van der Waals surface area contributed by atoms with Gasteiger partial charge in [0.05, 0.1) is 4.75 Å². The molecule has 0 aliphatic carbocycles. The van der Waals surface area contributed by atoms with Gasteiger partial charge in [-0.3, -0.25) is 14.3 Å². The fourth-order valence-corrected chi connectivity index (χ4v) is 3.90. The SMILES string of the molecule is CC(C)N(C(=O)c1cccc(NC(=O)c2ccc(NS(=O)(=O)C(C)(C)C)cc2)c1)C(C)C. The number of nitrogens with zero attached hydrogens (tertiary/aromatic N) is 1. The highest BCUT2D eigenvalue weighted by Gasteiger charge is 2.29.